The minimum absolute atomic E-state index is 0.0460. The molecule has 3 atom stereocenters. The number of aryl methyl sites for hydroxylation is 1. The third kappa shape index (κ3) is 6.51. The molecule has 0 aliphatic carbocycles. The van der Waals surface area contributed by atoms with Crippen LogP contribution in [-0.2, 0) is 14.4 Å². The summed E-state index contributed by atoms with van der Waals surface area (Å²) in [6.45, 7) is 3.15. The molecule has 0 radical (unpaired) electrons. The van der Waals surface area contributed by atoms with Gasteiger partial charge in [-0.25, -0.2) is 4.98 Å². The van der Waals surface area contributed by atoms with E-state index in [-0.39, 0.29) is 17.6 Å². The van der Waals surface area contributed by atoms with Crippen LogP contribution in [0.1, 0.15) is 23.0 Å². The number of carbonyl (C=O) groups excluding carboxylic acids is 4. The van der Waals surface area contributed by atoms with E-state index in [2.05, 4.69) is 31.6 Å². The number of nitrogens with one attached hydrogen (secondary N) is 5. The van der Waals surface area contributed by atoms with E-state index < -0.39 is 29.5 Å². The topological polar surface area (TPSA) is 141 Å². The highest BCUT2D eigenvalue weighted by Gasteiger charge is 2.38. The molecule has 2 aromatic rings. The number of hydrogen-bond acceptors (Lipinski definition) is 8. The number of aromatic nitrogens is 1. The average molecular weight is 463 g/mol. The Labute approximate surface area is 187 Å². The molecule has 0 bridgehead atoms. The Hall–Kier alpha value is -2.96. The second-order valence-corrected chi connectivity index (χ2v) is 8.66. The molecule has 10 nitrogen and oxygen atoms in total. The first-order chi connectivity index (χ1) is 14.8. The number of hydrogen-bond donors (Lipinski definition) is 5. The van der Waals surface area contributed by atoms with Crippen LogP contribution in [0.4, 0.5) is 5.13 Å². The summed E-state index contributed by atoms with van der Waals surface area (Å²) in [7, 11) is 0. The molecule has 31 heavy (non-hydrogen) atoms. The Kier molecular flexibility index (Phi) is 7.60. The summed E-state index contributed by atoms with van der Waals surface area (Å²) in [5.74, 6) is -1.51. The van der Waals surface area contributed by atoms with Gasteiger partial charge in [-0.05, 0) is 19.1 Å². The van der Waals surface area contributed by atoms with Crippen LogP contribution in [0, 0.1) is 6.92 Å². The summed E-state index contributed by atoms with van der Waals surface area (Å²) in [5, 5.41) is 16.0. The lowest BCUT2D eigenvalue weighted by Crippen LogP contribution is -2.72. The molecule has 1 aromatic carbocycles. The highest BCUT2D eigenvalue weighted by molar-refractivity contribution is 8.00. The monoisotopic (exact) mass is 462 g/mol. The molecule has 5 N–H and O–H groups in total. The van der Waals surface area contributed by atoms with Gasteiger partial charge in [0.25, 0.3) is 5.91 Å². The molecule has 1 aliphatic heterocycles. The highest BCUT2D eigenvalue weighted by atomic mass is 32.2. The molecule has 164 valence electrons. The molecule has 0 saturated carbocycles. The summed E-state index contributed by atoms with van der Waals surface area (Å²) < 4.78 is 0. The second-order valence-electron chi connectivity index (χ2n) is 6.70. The number of thioether (sulfide) groups is 1. The summed E-state index contributed by atoms with van der Waals surface area (Å²) >= 11 is 2.47. The van der Waals surface area contributed by atoms with Gasteiger partial charge in [-0.3, -0.25) is 24.5 Å². The fraction of sp³-hybridized carbons (Fsp3) is 0.316. The lowest BCUT2D eigenvalue weighted by molar-refractivity contribution is -0.127. The predicted molar refractivity (Wildman–Crippen MR) is 118 cm³/mol. The van der Waals surface area contributed by atoms with Crippen molar-refractivity contribution in [2.45, 2.75) is 31.6 Å². The minimum atomic E-state index is -1.03. The first kappa shape index (κ1) is 22.7. The number of carbonyl (C=O) groups is 4. The maximum atomic E-state index is 12.7. The van der Waals surface area contributed by atoms with Crippen LogP contribution in [0.5, 0.6) is 0 Å². The zero-order valence-electron chi connectivity index (χ0n) is 16.8. The van der Waals surface area contributed by atoms with Crippen LogP contribution < -0.4 is 26.6 Å². The number of nitrogens with zero attached hydrogens (tertiary/aromatic N) is 1. The van der Waals surface area contributed by atoms with E-state index in [0.29, 0.717) is 10.7 Å². The normalized spacial score (nSPS) is 20.5. The van der Waals surface area contributed by atoms with Crippen molar-refractivity contribution in [3.8, 4) is 0 Å². The number of thiazole rings is 1. The maximum Gasteiger partial charge on any atom is 0.252 e. The number of rotatable bonds is 7. The molecule has 12 heteroatoms. The third-order valence-corrected chi connectivity index (χ3v) is 6.04. The summed E-state index contributed by atoms with van der Waals surface area (Å²) in [6, 6.07) is 7.42. The highest BCUT2D eigenvalue weighted by Crippen LogP contribution is 2.16. The predicted octanol–water partition coefficient (Wildman–Crippen LogP) is 0.387. The zero-order chi connectivity index (χ0) is 22.4. The molecule has 1 aromatic heterocycles. The molecular weight excluding hydrogens is 440 g/mol. The molecule has 2 heterocycles. The van der Waals surface area contributed by atoms with Crippen molar-refractivity contribution < 1.29 is 19.2 Å². The summed E-state index contributed by atoms with van der Waals surface area (Å²) in [5.41, 5.74) is 0.566. The molecule has 1 fully saturated rings. The second kappa shape index (κ2) is 10.4. The molecule has 3 unspecified atom stereocenters. The van der Waals surface area contributed by atoms with Crippen molar-refractivity contribution >= 4 is 51.9 Å². The lowest BCUT2D eigenvalue weighted by atomic mass is 10.1. The van der Waals surface area contributed by atoms with Crippen molar-refractivity contribution in [3.05, 3.63) is 47.0 Å². The molecule has 0 spiro atoms. The van der Waals surface area contributed by atoms with Crippen molar-refractivity contribution in [2.75, 3.05) is 11.1 Å². The minimum Gasteiger partial charge on any atom is -0.338 e. The van der Waals surface area contributed by atoms with Crippen molar-refractivity contribution in [1.82, 2.24) is 26.3 Å². The van der Waals surface area contributed by atoms with Crippen LogP contribution in [0.25, 0.3) is 0 Å². The summed E-state index contributed by atoms with van der Waals surface area (Å²) in [6.07, 6.45) is -0.846. The standard InChI is InChI=1S/C19H22N6O4S2/c1-10-8-30-18(20-10)22-13(27)9-31-19-24-15(21-11(2)26)14(17(29)25-19)23-16(28)12-6-4-3-5-7-12/h3-8,14-15,19,24H,9H2,1-2H3,(H,21,26)(H,23,28)(H,25,29)(H,20,22,27). The fourth-order valence-corrected chi connectivity index (χ4v) is 4.33. The van der Waals surface area contributed by atoms with Gasteiger partial charge in [-0.1, -0.05) is 18.2 Å². The van der Waals surface area contributed by atoms with E-state index in [1.165, 1.54) is 18.3 Å². The largest absolute Gasteiger partial charge is 0.338 e. The first-order valence-electron chi connectivity index (χ1n) is 9.35. The lowest BCUT2D eigenvalue weighted by Gasteiger charge is -2.37. The fourth-order valence-electron chi connectivity index (χ4n) is 2.79. The molecule has 3 rings (SSSR count). The van der Waals surface area contributed by atoms with E-state index in [0.717, 1.165) is 17.5 Å². The molecule has 1 aliphatic rings. The molecule has 4 amide bonds. The average Bonchev–Trinajstić information content (AvgIpc) is 3.13. The van der Waals surface area contributed by atoms with Crippen LogP contribution in [0.3, 0.4) is 0 Å². The van der Waals surface area contributed by atoms with Crippen LogP contribution in [0.15, 0.2) is 35.7 Å². The number of anilines is 1. The van der Waals surface area contributed by atoms with E-state index >= 15 is 0 Å². The van der Waals surface area contributed by atoms with Gasteiger partial charge in [0.2, 0.25) is 17.7 Å². The Balaban J connectivity index is 1.59. The van der Waals surface area contributed by atoms with Gasteiger partial charge in [-0.2, -0.15) is 0 Å². The Morgan fingerprint density at radius 2 is 1.94 bits per heavy atom. The maximum absolute atomic E-state index is 12.7. The van der Waals surface area contributed by atoms with E-state index in [4.69, 9.17) is 0 Å². The van der Waals surface area contributed by atoms with Crippen LogP contribution in [0.2, 0.25) is 0 Å². The van der Waals surface area contributed by atoms with Crippen LogP contribution in [-0.4, -0.2) is 52.1 Å². The van der Waals surface area contributed by atoms with E-state index in [1.54, 1.807) is 30.3 Å². The quantitative estimate of drug-likeness (QED) is 0.401. The summed E-state index contributed by atoms with van der Waals surface area (Å²) in [4.78, 5) is 53.1. The zero-order valence-corrected chi connectivity index (χ0v) is 18.4. The SMILES string of the molecule is CC(=O)NC1NC(SCC(=O)Nc2nc(C)cs2)NC(=O)C1NC(=O)c1ccccc1. The van der Waals surface area contributed by atoms with E-state index in [9.17, 15) is 19.2 Å². The Morgan fingerprint density at radius 3 is 2.58 bits per heavy atom. The van der Waals surface area contributed by atoms with Gasteiger partial charge in [0, 0.05) is 17.9 Å². The third-order valence-electron chi connectivity index (χ3n) is 4.15. The smallest absolute Gasteiger partial charge is 0.252 e. The number of amides is 4. The van der Waals surface area contributed by atoms with Gasteiger partial charge in [0.15, 0.2) is 5.13 Å². The van der Waals surface area contributed by atoms with Crippen LogP contribution >= 0.6 is 23.1 Å². The van der Waals surface area contributed by atoms with Crippen molar-refractivity contribution in [1.29, 1.82) is 0 Å². The van der Waals surface area contributed by atoms with Gasteiger partial charge in [-0.15, -0.1) is 23.1 Å². The van der Waals surface area contributed by atoms with Crippen molar-refractivity contribution in [3.63, 3.8) is 0 Å². The molecular formula is C19H22N6O4S2. The first-order valence-corrected chi connectivity index (χ1v) is 11.3. The van der Waals surface area contributed by atoms with Gasteiger partial charge in [0.05, 0.1) is 11.4 Å². The van der Waals surface area contributed by atoms with Gasteiger partial charge in [0.1, 0.15) is 17.7 Å². The van der Waals surface area contributed by atoms with Crippen molar-refractivity contribution in [2.24, 2.45) is 0 Å². The Bertz CT molecular complexity index is 967. The molecule has 1 saturated heterocycles. The Morgan fingerprint density at radius 1 is 1.19 bits per heavy atom. The van der Waals surface area contributed by atoms with Gasteiger partial charge < -0.3 is 21.3 Å². The van der Waals surface area contributed by atoms with Gasteiger partial charge >= 0.3 is 0 Å². The van der Waals surface area contributed by atoms with E-state index in [1.807, 2.05) is 12.3 Å². The number of benzene rings is 1.